The van der Waals surface area contributed by atoms with Crippen LogP contribution in [0.1, 0.15) is 46.1 Å². The van der Waals surface area contributed by atoms with Gasteiger partial charge < -0.3 is 19.5 Å². The van der Waals surface area contributed by atoms with E-state index in [2.05, 4.69) is 15.3 Å². The molecule has 2 atom stereocenters. The lowest BCUT2D eigenvalue weighted by Gasteiger charge is -2.45. The van der Waals surface area contributed by atoms with Gasteiger partial charge in [-0.15, -0.1) is 11.6 Å². The third-order valence-electron chi connectivity index (χ3n) is 8.04. The first kappa shape index (κ1) is 35.3. The summed E-state index contributed by atoms with van der Waals surface area (Å²) < 4.78 is 18.9. The third-order valence-corrected chi connectivity index (χ3v) is 8.85. The Balaban J connectivity index is 1.33. The van der Waals surface area contributed by atoms with Crippen LogP contribution in [0.4, 0.5) is 0 Å². The summed E-state index contributed by atoms with van der Waals surface area (Å²) in [6.45, 7) is 2.53. The van der Waals surface area contributed by atoms with E-state index in [0.717, 1.165) is 11.1 Å². The van der Waals surface area contributed by atoms with Gasteiger partial charge in [0.25, 0.3) is 0 Å². The topological polar surface area (TPSA) is 123 Å². The SMILES string of the molecule is CC1(Cl)C(c2ccccc2)=CC=CC1(COc1cc(OCc2cncc(C#N)c2)c(C=O)cc1Cl)OCCCNC(=O)Cc1ccccn1. The van der Waals surface area contributed by atoms with Gasteiger partial charge in [0, 0.05) is 49.1 Å². The fourth-order valence-electron chi connectivity index (χ4n) is 5.37. The smallest absolute Gasteiger partial charge is 0.226 e. The van der Waals surface area contributed by atoms with Crippen LogP contribution in [0.2, 0.25) is 5.02 Å². The molecule has 11 heteroatoms. The van der Waals surface area contributed by atoms with Crippen molar-refractivity contribution in [3.63, 3.8) is 0 Å². The van der Waals surface area contributed by atoms with Crippen molar-refractivity contribution in [3.05, 3.63) is 137 Å². The highest BCUT2D eigenvalue weighted by Crippen LogP contribution is 2.47. The second-order valence-corrected chi connectivity index (χ2v) is 12.6. The highest BCUT2D eigenvalue weighted by Gasteiger charge is 2.51. The van der Waals surface area contributed by atoms with Crippen molar-refractivity contribution in [1.82, 2.24) is 15.3 Å². The molecule has 9 nitrogen and oxygen atoms in total. The van der Waals surface area contributed by atoms with Crippen LogP contribution in [-0.4, -0.2) is 52.4 Å². The summed E-state index contributed by atoms with van der Waals surface area (Å²) in [6.07, 6.45) is 11.7. The number of nitrogens with zero attached hydrogens (tertiary/aromatic N) is 3. The number of ether oxygens (including phenoxy) is 3. The largest absolute Gasteiger partial charge is 0.488 e. The van der Waals surface area contributed by atoms with Crippen LogP contribution in [-0.2, 0) is 22.6 Å². The standard InChI is InChI=1S/C38H34Cl2N4O5/c1-37(40)32(29-9-3-2-4-10-29)12-7-13-38(37,49-16-8-15-44-36(46)19-31-11-5-6-14-43-31)26-48-35-20-34(30(24-45)18-33(35)39)47-25-28-17-27(21-41)22-42-23-28/h2-7,9-14,17-18,20,22-24H,8,15-16,19,25-26H2,1H3,(H,44,46). The van der Waals surface area contributed by atoms with Crippen molar-refractivity contribution in [2.45, 2.75) is 36.8 Å². The molecule has 2 heterocycles. The van der Waals surface area contributed by atoms with Crippen molar-refractivity contribution in [3.8, 4) is 17.6 Å². The van der Waals surface area contributed by atoms with Gasteiger partial charge in [-0.25, -0.2) is 0 Å². The molecular formula is C38H34Cl2N4O5. The Labute approximate surface area is 295 Å². The Morgan fingerprint density at radius 1 is 1.06 bits per heavy atom. The zero-order valence-corrected chi connectivity index (χ0v) is 28.3. The molecule has 2 aromatic heterocycles. The molecule has 250 valence electrons. The maximum atomic E-state index is 12.5. The molecule has 0 saturated heterocycles. The van der Waals surface area contributed by atoms with Crippen LogP contribution in [0.3, 0.4) is 0 Å². The molecular weight excluding hydrogens is 663 g/mol. The number of hydrogen-bond donors (Lipinski definition) is 1. The Hall–Kier alpha value is -5.01. The van der Waals surface area contributed by atoms with Crippen LogP contribution >= 0.6 is 23.2 Å². The van der Waals surface area contributed by atoms with Gasteiger partial charge in [-0.1, -0.05) is 60.2 Å². The van der Waals surface area contributed by atoms with E-state index < -0.39 is 10.5 Å². The molecule has 49 heavy (non-hydrogen) atoms. The third kappa shape index (κ3) is 8.72. The molecule has 2 aromatic carbocycles. The van der Waals surface area contributed by atoms with Crippen molar-refractivity contribution >= 4 is 41.0 Å². The summed E-state index contributed by atoms with van der Waals surface area (Å²) in [5.74, 6) is 0.365. The van der Waals surface area contributed by atoms with Crippen LogP contribution in [0.25, 0.3) is 5.57 Å². The Morgan fingerprint density at radius 3 is 2.63 bits per heavy atom. The van der Waals surface area contributed by atoms with E-state index in [4.69, 9.17) is 37.4 Å². The number of pyridine rings is 2. The Bertz CT molecular complexity index is 1880. The molecule has 0 aliphatic heterocycles. The molecule has 1 amide bonds. The molecule has 0 bridgehead atoms. The molecule has 2 unspecified atom stereocenters. The van der Waals surface area contributed by atoms with E-state index >= 15 is 0 Å². The predicted molar refractivity (Wildman–Crippen MR) is 188 cm³/mol. The number of alkyl halides is 1. The number of hydrogen-bond acceptors (Lipinski definition) is 8. The van der Waals surface area contributed by atoms with E-state index in [-0.39, 0.29) is 54.2 Å². The number of halogens is 2. The molecule has 1 aliphatic carbocycles. The van der Waals surface area contributed by atoms with Crippen molar-refractivity contribution in [2.24, 2.45) is 0 Å². The van der Waals surface area contributed by atoms with E-state index in [0.29, 0.717) is 36.1 Å². The Kier molecular flexibility index (Phi) is 11.8. The second kappa shape index (κ2) is 16.4. The van der Waals surface area contributed by atoms with E-state index in [1.54, 1.807) is 36.7 Å². The van der Waals surface area contributed by atoms with Gasteiger partial charge in [-0.2, -0.15) is 5.26 Å². The lowest BCUT2D eigenvalue weighted by molar-refractivity contribution is -0.120. The summed E-state index contributed by atoms with van der Waals surface area (Å²) in [4.78, 5) is 31.5. The first-order valence-electron chi connectivity index (χ1n) is 15.6. The highest BCUT2D eigenvalue weighted by atomic mass is 35.5. The number of aldehydes is 1. The predicted octanol–water partition coefficient (Wildman–Crippen LogP) is 6.93. The molecule has 4 aromatic rings. The van der Waals surface area contributed by atoms with Gasteiger partial charge in [-0.3, -0.25) is 19.6 Å². The van der Waals surface area contributed by atoms with Gasteiger partial charge in [-0.05, 0) is 54.8 Å². The van der Waals surface area contributed by atoms with Crippen molar-refractivity contribution < 1.29 is 23.8 Å². The van der Waals surface area contributed by atoms with Crippen LogP contribution in [0, 0.1) is 11.3 Å². The molecule has 0 radical (unpaired) electrons. The van der Waals surface area contributed by atoms with Gasteiger partial charge in [0.2, 0.25) is 5.91 Å². The number of amides is 1. The minimum absolute atomic E-state index is 0.0482. The molecule has 1 N–H and O–H groups in total. The number of nitrogens with one attached hydrogen (secondary N) is 1. The van der Waals surface area contributed by atoms with Crippen LogP contribution in [0.15, 0.2) is 104 Å². The summed E-state index contributed by atoms with van der Waals surface area (Å²) in [6, 6.07) is 22.0. The number of carbonyl (C=O) groups is 2. The number of nitriles is 1. The maximum absolute atomic E-state index is 12.5. The normalized spacial score (nSPS) is 18.2. The zero-order valence-electron chi connectivity index (χ0n) is 26.8. The van der Waals surface area contributed by atoms with E-state index in [9.17, 15) is 14.9 Å². The summed E-state index contributed by atoms with van der Waals surface area (Å²) in [7, 11) is 0. The Morgan fingerprint density at radius 2 is 1.88 bits per heavy atom. The van der Waals surface area contributed by atoms with Crippen LogP contribution < -0.4 is 14.8 Å². The minimum Gasteiger partial charge on any atom is -0.488 e. The maximum Gasteiger partial charge on any atom is 0.226 e. The number of rotatable bonds is 15. The summed E-state index contributed by atoms with van der Waals surface area (Å²) in [5.41, 5.74) is 2.55. The first-order valence-corrected chi connectivity index (χ1v) is 16.3. The molecule has 0 fully saturated rings. The fourth-order valence-corrected chi connectivity index (χ4v) is 5.94. The number of carbonyl (C=O) groups excluding carboxylic acids is 2. The van der Waals surface area contributed by atoms with Crippen LogP contribution in [0.5, 0.6) is 11.5 Å². The lowest BCUT2D eigenvalue weighted by atomic mass is 9.76. The summed E-state index contributed by atoms with van der Waals surface area (Å²) in [5, 5.41) is 12.3. The lowest BCUT2D eigenvalue weighted by Crippen LogP contribution is -2.55. The fraction of sp³-hybridized carbons (Fsp3) is 0.237. The second-order valence-electron chi connectivity index (χ2n) is 11.5. The molecule has 0 saturated carbocycles. The molecule has 5 rings (SSSR count). The minimum atomic E-state index is -1.18. The van der Waals surface area contributed by atoms with Crippen molar-refractivity contribution in [1.29, 1.82) is 5.26 Å². The quantitative estimate of drug-likeness (QED) is 0.0807. The van der Waals surface area contributed by atoms with Gasteiger partial charge in [0.05, 0.1) is 22.6 Å². The van der Waals surface area contributed by atoms with Crippen molar-refractivity contribution in [2.75, 3.05) is 19.8 Å². The number of allylic oxidation sites excluding steroid dienone is 2. The molecule has 0 spiro atoms. The van der Waals surface area contributed by atoms with Gasteiger partial charge in [0.15, 0.2) is 6.29 Å². The van der Waals surface area contributed by atoms with E-state index in [1.807, 2.05) is 67.6 Å². The van der Waals surface area contributed by atoms with Gasteiger partial charge in [0.1, 0.15) is 41.3 Å². The zero-order chi connectivity index (χ0) is 34.7. The number of aromatic nitrogens is 2. The van der Waals surface area contributed by atoms with E-state index in [1.165, 1.54) is 12.3 Å². The van der Waals surface area contributed by atoms with Gasteiger partial charge >= 0.3 is 0 Å². The highest BCUT2D eigenvalue weighted by molar-refractivity contribution is 6.32. The monoisotopic (exact) mass is 696 g/mol. The number of benzene rings is 2. The average Bonchev–Trinajstić information content (AvgIpc) is 3.12. The average molecular weight is 698 g/mol. The first-order chi connectivity index (χ1) is 23.7. The summed E-state index contributed by atoms with van der Waals surface area (Å²) >= 11 is 14.0. The molecule has 1 aliphatic rings.